The van der Waals surface area contributed by atoms with E-state index in [0.29, 0.717) is 18.1 Å². The molecule has 0 aliphatic heterocycles. The van der Waals surface area contributed by atoms with Gasteiger partial charge in [-0.3, -0.25) is 0 Å². The van der Waals surface area contributed by atoms with E-state index in [1.54, 1.807) is 19.2 Å². The Morgan fingerprint density at radius 2 is 1.71 bits per heavy atom. The van der Waals surface area contributed by atoms with Crippen LogP contribution in [0.4, 0.5) is 4.39 Å². The quantitative estimate of drug-likeness (QED) is 0.887. The largest absolute Gasteiger partial charge is 0.493 e. The molecule has 2 N–H and O–H groups in total. The van der Waals surface area contributed by atoms with Gasteiger partial charge in [-0.15, -0.1) is 0 Å². The molecule has 1 unspecified atom stereocenters. The van der Waals surface area contributed by atoms with Crippen molar-refractivity contribution in [1.29, 1.82) is 0 Å². The summed E-state index contributed by atoms with van der Waals surface area (Å²) in [6.07, 6.45) is 0.775. The van der Waals surface area contributed by atoms with Crippen LogP contribution in [0, 0.1) is 5.82 Å². The number of hydrogen-bond acceptors (Lipinski definition) is 3. The van der Waals surface area contributed by atoms with E-state index in [4.69, 9.17) is 15.2 Å². The second kappa shape index (κ2) is 7.09. The first kappa shape index (κ1) is 15.3. The van der Waals surface area contributed by atoms with Crippen LogP contribution >= 0.6 is 0 Å². The summed E-state index contributed by atoms with van der Waals surface area (Å²) >= 11 is 0. The van der Waals surface area contributed by atoms with Gasteiger partial charge in [0.1, 0.15) is 12.4 Å². The summed E-state index contributed by atoms with van der Waals surface area (Å²) in [4.78, 5) is 0. The average Bonchev–Trinajstić information content (AvgIpc) is 2.46. The monoisotopic (exact) mass is 289 g/mol. The van der Waals surface area contributed by atoms with Crippen LogP contribution < -0.4 is 15.2 Å². The second-order valence-corrected chi connectivity index (χ2v) is 5.08. The van der Waals surface area contributed by atoms with Crippen LogP contribution in [0.2, 0.25) is 0 Å². The minimum atomic E-state index is -0.254. The molecule has 4 heteroatoms. The molecule has 21 heavy (non-hydrogen) atoms. The molecule has 0 aliphatic carbocycles. The molecule has 0 heterocycles. The molecule has 0 bridgehead atoms. The van der Waals surface area contributed by atoms with Gasteiger partial charge in [0.2, 0.25) is 0 Å². The lowest BCUT2D eigenvalue weighted by Crippen LogP contribution is -2.17. The second-order valence-electron chi connectivity index (χ2n) is 5.08. The molecule has 2 rings (SSSR count). The predicted molar refractivity (Wildman–Crippen MR) is 81.1 cm³/mol. The van der Waals surface area contributed by atoms with E-state index in [9.17, 15) is 4.39 Å². The van der Waals surface area contributed by atoms with Gasteiger partial charge in [0.05, 0.1) is 7.11 Å². The molecule has 3 nitrogen and oxygen atoms in total. The zero-order valence-corrected chi connectivity index (χ0v) is 12.3. The highest BCUT2D eigenvalue weighted by molar-refractivity contribution is 5.43. The first-order chi connectivity index (χ1) is 10.1. The number of benzene rings is 2. The molecular formula is C17H20FNO2. The Labute approximate surface area is 124 Å². The van der Waals surface area contributed by atoms with Crippen molar-refractivity contribution in [1.82, 2.24) is 0 Å². The maximum absolute atomic E-state index is 12.9. The highest BCUT2D eigenvalue weighted by Crippen LogP contribution is 2.29. The minimum absolute atomic E-state index is 0.0864. The van der Waals surface area contributed by atoms with E-state index in [1.165, 1.54) is 12.1 Å². The van der Waals surface area contributed by atoms with Crippen LogP contribution in [0.3, 0.4) is 0 Å². The van der Waals surface area contributed by atoms with Crippen LogP contribution in [0.15, 0.2) is 42.5 Å². The van der Waals surface area contributed by atoms with Gasteiger partial charge in [-0.25, -0.2) is 4.39 Å². The fourth-order valence-electron chi connectivity index (χ4n) is 2.07. The van der Waals surface area contributed by atoms with Crippen LogP contribution in [0.25, 0.3) is 0 Å². The molecule has 0 saturated carbocycles. The zero-order chi connectivity index (χ0) is 15.2. The van der Waals surface area contributed by atoms with Crippen LogP contribution in [0.1, 0.15) is 18.1 Å². The van der Waals surface area contributed by atoms with Crippen LogP contribution in [0.5, 0.6) is 11.5 Å². The molecule has 0 radical (unpaired) electrons. The Balaban J connectivity index is 2.11. The highest BCUT2D eigenvalue weighted by atomic mass is 19.1. The fraction of sp³-hybridized carbons (Fsp3) is 0.294. The van der Waals surface area contributed by atoms with Crippen molar-refractivity contribution < 1.29 is 13.9 Å². The number of halogens is 1. The van der Waals surface area contributed by atoms with Crippen molar-refractivity contribution in [3.63, 3.8) is 0 Å². The topological polar surface area (TPSA) is 44.5 Å². The first-order valence-electron chi connectivity index (χ1n) is 6.88. The van der Waals surface area contributed by atoms with Gasteiger partial charge in [0.25, 0.3) is 0 Å². The average molecular weight is 289 g/mol. The zero-order valence-electron chi connectivity index (χ0n) is 12.3. The number of hydrogen-bond donors (Lipinski definition) is 1. The van der Waals surface area contributed by atoms with Crippen molar-refractivity contribution in [3.05, 3.63) is 59.4 Å². The molecule has 0 aromatic heterocycles. The molecule has 2 aromatic rings. The summed E-state index contributed by atoms with van der Waals surface area (Å²) in [6, 6.07) is 12.1. The van der Waals surface area contributed by atoms with Crippen molar-refractivity contribution in [2.45, 2.75) is 26.0 Å². The van der Waals surface area contributed by atoms with E-state index >= 15 is 0 Å². The summed E-state index contributed by atoms with van der Waals surface area (Å²) < 4.78 is 24.0. The normalized spacial score (nSPS) is 12.0. The van der Waals surface area contributed by atoms with Gasteiger partial charge < -0.3 is 15.2 Å². The van der Waals surface area contributed by atoms with E-state index in [2.05, 4.69) is 0 Å². The maximum Gasteiger partial charge on any atom is 0.161 e. The summed E-state index contributed by atoms with van der Waals surface area (Å²) in [5.41, 5.74) is 7.81. The van der Waals surface area contributed by atoms with Crippen molar-refractivity contribution >= 4 is 0 Å². The SMILES string of the molecule is COc1ccc(CC(C)N)cc1OCc1ccc(F)cc1. The summed E-state index contributed by atoms with van der Waals surface area (Å²) in [5, 5.41) is 0. The third-order valence-electron chi connectivity index (χ3n) is 3.09. The Bertz CT molecular complexity index is 582. The van der Waals surface area contributed by atoms with Gasteiger partial charge in [0.15, 0.2) is 11.5 Å². The van der Waals surface area contributed by atoms with E-state index < -0.39 is 0 Å². The third-order valence-corrected chi connectivity index (χ3v) is 3.09. The lowest BCUT2D eigenvalue weighted by molar-refractivity contribution is 0.284. The van der Waals surface area contributed by atoms with Gasteiger partial charge in [-0.1, -0.05) is 18.2 Å². The van der Waals surface area contributed by atoms with E-state index in [-0.39, 0.29) is 11.9 Å². The Morgan fingerprint density at radius 1 is 1.05 bits per heavy atom. The maximum atomic E-state index is 12.9. The van der Waals surface area contributed by atoms with Gasteiger partial charge in [-0.05, 0) is 48.7 Å². The van der Waals surface area contributed by atoms with Crippen molar-refractivity contribution in [2.24, 2.45) is 5.73 Å². The molecule has 1 atom stereocenters. The molecule has 0 saturated heterocycles. The van der Waals surface area contributed by atoms with Crippen molar-refractivity contribution in [3.8, 4) is 11.5 Å². The third kappa shape index (κ3) is 4.46. The number of nitrogens with two attached hydrogens (primary N) is 1. The lowest BCUT2D eigenvalue weighted by Gasteiger charge is -2.13. The summed E-state index contributed by atoms with van der Waals surface area (Å²) in [7, 11) is 1.60. The molecule has 0 spiro atoms. The molecule has 0 fully saturated rings. The Hall–Kier alpha value is -2.07. The standard InChI is InChI=1S/C17H20FNO2/c1-12(19)9-14-5-8-16(20-2)17(10-14)21-11-13-3-6-15(18)7-4-13/h3-8,10,12H,9,11,19H2,1-2H3. The fourth-order valence-corrected chi connectivity index (χ4v) is 2.07. The molecule has 112 valence electrons. The van der Waals surface area contributed by atoms with Crippen molar-refractivity contribution in [2.75, 3.05) is 7.11 Å². The Kier molecular flexibility index (Phi) is 5.17. The highest BCUT2D eigenvalue weighted by Gasteiger charge is 2.07. The number of rotatable bonds is 6. The van der Waals surface area contributed by atoms with Crippen LogP contribution in [-0.2, 0) is 13.0 Å². The Morgan fingerprint density at radius 3 is 2.33 bits per heavy atom. The van der Waals surface area contributed by atoms with Gasteiger partial charge >= 0.3 is 0 Å². The smallest absolute Gasteiger partial charge is 0.161 e. The number of ether oxygens (including phenoxy) is 2. The first-order valence-corrected chi connectivity index (χ1v) is 6.88. The van der Waals surface area contributed by atoms with Crippen LogP contribution in [-0.4, -0.2) is 13.2 Å². The minimum Gasteiger partial charge on any atom is -0.493 e. The molecular weight excluding hydrogens is 269 g/mol. The van der Waals surface area contributed by atoms with Gasteiger partial charge in [0, 0.05) is 6.04 Å². The van der Waals surface area contributed by atoms with Gasteiger partial charge in [-0.2, -0.15) is 0 Å². The molecule has 0 amide bonds. The number of methoxy groups -OCH3 is 1. The molecule has 0 aliphatic rings. The summed E-state index contributed by atoms with van der Waals surface area (Å²) in [5.74, 6) is 1.08. The van der Waals surface area contributed by atoms with E-state index in [0.717, 1.165) is 17.5 Å². The lowest BCUT2D eigenvalue weighted by atomic mass is 10.1. The predicted octanol–water partition coefficient (Wildman–Crippen LogP) is 3.30. The molecule has 2 aromatic carbocycles. The summed E-state index contributed by atoms with van der Waals surface area (Å²) in [6.45, 7) is 2.32. The van der Waals surface area contributed by atoms with E-state index in [1.807, 2.05) is 25.1 Å².